The van der Waals surface area contributed by atoms with Crippen molar-refractivity contribution in [3.05, 3.63) is 35.6 Å². The average Bonchev–Trinajstić information content (AvgIpc) is 2.82. The Kier molecular flexibility index (Phi) is 13.4. The van der Waals surface area contributed by atoms with Crippen LogP contribution in [0.25, 0.3) is 0 Å². The van der Waals surface area contributed by atoms with E-state index in [9.17, 15) is 4.39 Å². The second-order valence-electron chi connectivity index (χ2n) is 8.08. The number of guanidine groups is 1. The Morgan fingerprint density at radius 2 is 1.81 bits per heavy atom. The third-order valence-corrected chi connectivity index (χ3v) is 5.88. The Balaban J connectivity index is 0.00000363. The van der Waals surface area contributed by atoms with Crippen molar-refractivity contribution in [2.45, 2.75) is 25.3 Å². The number of nitrogens with one attached hydrogen (secondary N) is 2. The summed E-state index contributed by atoms with van der Waals surface area (Å²) in [6.07, 6.45) is 3.13. The van der Waals surface area contributed by atoms with Crippen LogP contribution in [0.1, 0.15) is 30.9 Å². The molecule has 0 saturated carbocycles. The number of nitrogens with zero attached hydrogens (tertiary/aromatic N) is 2. The molecule has 0 amide bonds. The first-order valence-corrected chi connectivity index (χ1v) is 11.4. The molecule has 7 nitrogen and oxygen atoms in total. The molecule has 9 heteroatoms. The normalized spacial score (nSPS) is 19.2. The number of rotatable bonds is 10. The maximum Gasteiger partial charge on any atom is 0.191 e. The van der Waals surface area contributed by atoms with Crippen molar-refractivity contribution >= 4 is 29.9 Å². The summed E-state index contributed by atoms with van der Waals surface area (Å²) in [6, 6.07) is 6.91. The van der Waals surface area contributed by atoms with Gasteiger partial charge in [-0.2, -0.15) is 0 Å². The lowest BCUT2D eigenvalue weighted by Gasteiger charge is -2.35. The molecule has 1 unspecified atom stereocenters. The minimum Gasteiger partial charge on any atom is -0.381 e. The molecule has 0 bridgehead atoms. The molecule has 0 aliphatic carbocycles. The number of hydrogen-bond donors (Lipinski definition) is 2. The zero-order chi connectivity index (χ0) is 21.7. The highest BCUT2D eigenvalue weighted by molar-refractivity contribution is 14.0. The van der Waals surface area contributed by atoms with Crippen molar-refractivity contribution in [1.29, 1.82) is 0 Å². The van der Waals surface area contributed by atoms with Crippen molar-refractivity contribution in [3.63, 3.8) is 0 Å². The van der Waals surface area contributed by atoms with E-state index in [1.807, 2.05) is 12.1 Å². The van der Waals surface area contributed by atoms with Gasteiger partial charge in [0.25, 0.3) is 0 Å². The molecule has 1 aromatic carbocycles. The first kappa shape index (κ1) is 27.2. The van der Waals surface area contributed by atoms with E-state index in [0.29, 0.717) is 12.5 Å². The lowest BCUT2D eigenvalue weighted by Crippen LogP contribution is -2.46. The number of benzene rings is 1. The van der Waals surface area contributed by atoms with E-state index in [1.54, 1.807) is 7.05 Å². The van der Waals surface area contributed by atoms with E-state index in [4.69, 9.17) is 14.2 Å². The van der Waals surface area contributed by atoms with Crippen LogP contribution in [0.15, 0.2) is 29.3 Å². The minimum atomic E-state index is -0.214. The van der Waals surface area contributed by atoms with Gasteiger partial charge in [0.15, 0.2) is 5.96 Å². The fraction of sp³-hybridized carbons (Fsp3) is 0.696. The van der Waals surface area contributed by atoms with Gasteiger partial charge < -0.3 is 24.8 Å². The second kappa shape index (κ2) is 15.8. The SMILES string of the molecule is CN=C(NCCCOCC1CCOCC1)NCC(c1ccc(F)cc1)N1CCOCC1.I. The van der Waals surface area contributed by atoms with Crippen LogP contribution in [-0.2, 0) is 14.2 Å². The molecule has 32 heavy (non-hydrogen) atoms. The summed E-state index contributed by atoms with van der Waals surface area (Å²) in [5, 5.41) is 6.79. The molecular weight excluding hydrogens is 526 g/mol. The smallest absolute Gasteiger partial charge is 0.191 e. The Hall–Kier alpha value is -1.01. The molecule has 2 aliphatic rings. The summed E-state index contributed by atoms with van der Waals surface area (Å²) in [6.45, 7) is 7.94. The fourth-order valence-electron chi connectivity index (χ4n) is 3.99. The molecule has 0 radical (unpaired) electrons. The van der Waals surface area contributed by atoms with Gasteiger partial charge in [0.05, 0.1) is 19.3 Å². The maximum atomic E-state index is 13.4. The molecule has 2 N–H and O–H groups in total. The standard InChI is InChI=1S/C23H37FN4O3.HI/c1-25-23(26-9-2-12-31-18-19-7-13-29-14-8-19)27-17-22(28-10-15-30-16-11-28)20-3-5-21(24)6-4-20;/h3-6,19,22H,2,7-18H2,1H3,(H2,25,26,27);1H. The highest BCUT2D eigenvalue weighted by Gasteiger charge is 2.23. The van der Waals surface area contributed by atoms with Crippen LogP contribution in [0.4, 0.5) is 4.39 Å². The van der Waals surface area contributed by atoms with E-state index in [1.165, 1.54) is 12.1 Å². The highest BCUT2D eigenvalue weighted by Crippen LogP contribution is 2.21. The number of ether oxygens (including phenoxy) is 3. The van der Waals surface area contributed by atoms with Crippen LogP contribution >= 0.6 is 24.0 Å². The number of hydrogen-bond acceptors (Lipinski definition) is 5. The van der Waals surface area contributed by atoms with Crippen LogP contribution < -0.4 is 10.6 Å². The largest absolute Gasteiger partial charge is 0.381 e. The molecule has 1 atom stereocenters. The zero-order valence-corrected chi connectivity index (χ0v) is 21.4. The third-order valence-electron chi connectivity index (χ3n) is 5.88. The maximum absolute atomic E-state index is 13.4. The highest BCUT2D eigenvalue weighted by atomic mass is 127. The number of halogens is 2. The predicted molar refractivity (Wildman–Crippen MR) is 135 cm³/mol. The molecule has 182 valence electrons. The van der Waals surface area contributed by atoms with E-state index in [-0.39, 0.29) is 35.8 Å². The lowest BCUT2D eigenvalue weighted by molar-refractivity contribution is 0.0169. The quantitative estimate of drug-likeness (QED) is 0.197. The summed E-state index contributed by atoms with van der Waals surface area (Å²) in [7, 11) is 1.78. The Bertz CT molecular complexity index is 653. The summed E-state index contributed by atoms with van der Waals surface area (Å²) in [4.78, 5) is 6.72. The van der Waals surface area contributed by atoms with Crippen LogP contribution in [0.2, 0.25) is 0 Å². The molecule has 2 aliphatic heterocycles. The second-order valence-corrected chi connectivity index (χ2v) is 8.08. The van der Waals surface area contributed by atoms with E-state index in [0.717, 1.165) is 90.1 Å². The number of aliphatic imine (C=N–C) groups is 1. The molecule has 0 spiro atoms. The summed E-state index contributed by atoms with van der Waals surface area (Å²) in [5.41, 5.74) is 1.09. The minimum absolute atomic E-state index is 0. The molecule has 1 aromatic rings. The molecule has 3 rings (SSSR count). The van der Waals surface area contributed by atoms with Gasteiger partial charge in [-0.25, -0.2) is 4.39 Å². The van der Waals surface area contributed by atoms with Crippen molar-refractivity contribution in [1.82, 2.24) is 15.5 Å². The Morgan fingerprint density at radius 1 is 1.12 bits per heavy atom. The first-order valence-electron chi connectivity index (χ1n) is 11.4. The van der Waals surface area contributed by atoms with Gasteiger partial charge in [0, 0.05) is 59.7 Å². The van der Waals surface area contributed by atoms with Crippen molar-refractivity contribution in [2.24, 2.45) is 10.9 Å². The topological polar surface area (TPSA) is 67.4 Å². The van der Waals surface area contributed by atoms with Gasteiger partial charge in [-0.3, -0.25) is 9.89 Å². The molecule has 2 fully saturated rings. The van der Waals surface area contributed by atoms with Crippen LogP contribution in [0.5, 0.6) is 0 Å². The van der Waals surface area contributed by atoms with Crippen LogP contribution in [0, 0.1) is 11.7 Å². The van der Waals surface area contributed by atoms with Gasteiger partial charge >= 0.3 is 0 Å². The summed E-state index contributed by atoms with van der Waals surface area (Å²) >= 11 is 0. The van der Waals surface area contributed by atoms with Gasteiger partial charge in [-0.15, -0.1) is 24.0 Å². The van der Waals surface area contributed by atoms with Gasteiger partial charge in [-0.1, -0.05) is 12.1 Å². The van der Waals surface area contributed by atoms with Gasteiger partial charge in [0.2, 0.25) is 0 Å². The molecular formula is C23H38FIN4O3. The lowest BCUT2D eigenvalue weighted by atomic mass is 10.0. The van der Waals surface area contributed by atoms with E-state index < -0.39 is 0 Å². The van der Waals surface area contributed by atoms with Gasteiger partial charge in [0.1, 0.15) is 5.82 Å². The van der Waals surface area contributed by atoms with E-state index >= 15 is 0 Å². The van der Waals surface area contributed by atoms with E-state index in [2.05, 4.69) is 20.5 Å². The van der Waals surface area contributed by atoms with Gasteiger partial charge in [-0.05, 0) is 42.9 Å². The van der Waals surface area contributed by atoms with Crippen molar-refractivity contribution in [2.75, 3.05) is 72.9 Å². The molecule has 2 saturated heterocycles. The van der Waals surface area contributed by atoms with Crippen molar-refractivity contribution in [3.8, 4) is 0 Å². The Labute approximate surface area is 208 Å². The number of morpholine rings is 1. The molecule has 2 heterocycles. The Morgan fingerprint density at radius 3 is 2.50 bits per heavy atom. The molecule has 0 aromatic heterocycles. The average molecular weight is 564 g/mol. The summed E-state index contributed by atoms with van der Waals surface area (Å²) < 4.78 is 30.1. The monoisotopic (exact) mass is 564 g/mol. The van der Waals surface area contributed by atoms with Crippen LogP contribution in [0.3, 0.4) is 0 Å². The third kappa shape index (κ3) is 9.46. The fourth-order valence-corrected chi connectivity index (χ4v) is 3.99. The van der Waals surface area contributed by atoms with Crippen molar-refractivity contribution < 1.29 is 18.6 Å². The zero-order valence-electron chi connectivity index (χ0n) is 19.1. The summed E-state index contributed by atoms with van der Waals surface area (Å²) in [5.74, 6) is 1.19. The van der Waals surface area contributed by atoms with Crippen LogP contribution in [-0.4, -0.2) is 83.7 Å². The first-order chi connectivity index (χ1) is 15.3. The predicted octanol–water partition coefficient (Wildman–Crippen LogP) is 2.82.